The van der Waals surface area contributed by atoms with Gasteiger partial charge < -0.3 is 20.5 Å². The number of H-pyrrole nitrogens is 1. The van der Waals surface area contributed by atoms with Gasteiger partial charge in [0.25, 0.3) is 5.56 Å². The van der Waals surface area contributed by atoms with Crippen LogP contribution in [-0.4, -0.2) is 45.3 Å². The number of carbonyl (C=O) groups is 1. The number of nitrogens with zero attached hydrogens (tertiary/aromatic N) is 1. The number of aromatic amines is 1. The smallest absolute Gasteiger partial charge is 0.254 e. The van der Waals surface area contributed by atoms with Crippen molar-refractivity contribution < 1.29 is 15.0 Å². The van der Waals surface area contributed by atoms with Gasteiger partial charge in [-0.1, -0.05) is 0 Å². The van der Waals surface area contributed by atoms with E-state index < -0.39 is 6.04 Å². The van der Waals surface area contributed by atoms with Crippen LogP contribution in [0.15, 0.2) is 4.79 Å². The monoisotopic (exact) mass is 269 g/mol. The minimum absolute atomic E-state index is 0.102. The zero-order chi connectivity index (χ0) is 14.4. The third kappa shape index (κ3) is 4.46. The summed E-state index contributed by atoms with van der Waals surface area (Å²) >= 11 is 0. The standard InChI is InChI=1S/C12H19N3O4/c1-7-10(12(19)14-8(2)13-7)3-4-11(18)15-9(5-16)6-17/h9,16-17H,3-6H2,1-2H3,(H,15,18)(H,13,14,19). The van der Waals surface area contributed by atoms with Gasteiger partial charge in [-0.2, -0.15) is 0 Å². The molecule has 0 aliphatic heterocycles. The summed E-state index contributed by atoms with van der Waals surface area (Å²) in [7, 11) is 0. The Labute approximate surface area is 110 Å². The second-order valence-corrected chi connectivity index (χ2v) is 4.34. The molecule has 0 bridgehead atoms. The number of amides is 1. The Balaban J connectivity index is 2.63. The molecule has 106 valence electrons. The second-order valence-electron chi connectivity index (χ2n) is 4.34. The lowest BCUT2D eigenvalue weighted by Crippen LogP contribution is -2.40. The number of nitrogens with one attached hydrogen (secondary N) is 2. The van der Waals surface area contributed by atoms with Gasteiger partial charge in [-0.05, 0) is 20.3 Å². The normalized spacial score (nSPS) is 10.8. The van der Waals surface area contributed by atoms with E-state index in [1.807, 2.05) is 0 Å². The quantitative estimate of drug-likeness (QED) is 0.517. The molecule has 0 saturated heterocycles. The molecule has 19 heavy (non-hydrogen) atoms. The maximum atomic E-state index is 11.7. The van der Waals surface area contributed by atoms with Crippen molar-refractivity contribution >= 4 is 5.91 Å². The van der Waals surface area contributed by atoms with Crippen LogP contribution < -0.4 is 10.9 Å². The summed E-state index contributed by atoms with van der Waals surface area (Å²) in [6, 6.07) is -0.664. The minimum atomic E-state index is -0.664. The summed E-state index contributed by atoms with van der Waals surface area (Å²) in [5.41, 5.74) is 0.846. The van der Waals surface area contributed by atoms with Crippen molar-refractivity contribution in [1.82, 2.24) is 15.3 Å². The first-order chi connectivity index (χ1) is 8.97. The summed E-state index contributed by atoms with van der Waals surface area (Å²) in [4.78, 5) is 30.0. The van der Waals surface area contributed by atoms with E-state index in [9.17, 15) is 9.59 Å². The van der Waals surface area contributed by atoms with Crippen molar-refractivity contribution in [2.45, 2.75) is 32.7 Å². The molecule has 0 saturated carbocycles. The van der Waals surface area contributed by atoms with Crippen LogP contribution in [0.4, 0.5) is 0 Å². The molecule has 1 rings (SSSR count). The van der Waals surface area contributed by atoms with Crippen molar-refractivity contribution in [3.05, 3.63) is 27.4 Å². The first-order valence-electron chi connectivity index (χ1n) is 6.05. The van der Waals surface area contributed by atoms with E-state index in [0.29, 0.717) is 17.1 Å². The van der Waals surface area contributed by atoms with Crippen molar-refractivity contribution in [2.24, 2.45) is 0 Å². The molecule has 0 aliphatic rings. The summed E-state index contributed by atoms with van der Waals surface area (Å²) in [5, 5.41) is 20.1. The molecular formula is C12H19N3O4. The zero-order valence-electron chi connectivity index (χ0n) is 11.1. The average Bonchev–Trinajstić information content (AvgIpc) is 2.34. The second kappa shape index (κ2) is 7.01. The van der Waals surface area contributed by atoms with Gasteiger partial charge in [-0.3, -0.25) is 9.59 Å². The lowest BCUT2D eigenvalue weighted by Gasteiger charge is -2.13. The van der Waals surface area contributed by atoms with Crippen LogP contribution in [0, 0.1) is 13.8 Å². The first-order valence-corrected chi connectivity index (χ1v) is 6.05. The van der Waals surface area contributed by atoms with Crippen LogP contribution in [0.1, 0.15) is 23.5 Å². The van der Waals surface area contributed by atoms with Crippen molar-refractivity contribution in [1.29, 1.82) is 0 Å². The number of hydrogen-bond donors (Lipinski definition) is 4. The van der Waals surface area contributed by atoms with Crippen LogP contribution in [0.25, 0.3) is 0 Å². The fourth-order valence-electron chi connectivity index (χ4n) is 1.73. The molecule has 1 amide bonds. The van der Waals surface area contributed by atoms with Crippen molar-refractivity contribution in [3.8, 4) is 0 Å². The van der Waals surface area contributed by atoms with Gasteiger partial charge in [0.05, 0.1) is 19.3 Å². The number of aliphatic hydroxyl groups excluding tert-OH is 2. The lowest BCUT2D eigenvalue weighted by atomic mass is 10.1. The van der Waals surface area contributed by atoms with E-state index >= 15 is 0 Å². The SMILES string of the molecule is Cc1nc(C)c(CCC(=O)NC(CO)CO)c(=O)[nH]1. The Hall–Kier alpha value is -1.73. The van der Waals surface area contributed by atoms with Gasteiger partial charge in [0.1, 0.15) is 5.82 Å². The number of aryl methyl sites for hydroxylation is 2. The third-order valence-corrected chi connectivity index (χ3v) is 2.75. The van der Waals surface area contributed by atoms with Crippen LogP contribution in [-0.2, 0) is 11.2 Å². The predicted octanol–water partition coefficient (Wildman–Crippen LogP) is -1.21. The molecule has 4 N–H and O–H groups in total. The maximum absolute atomic E-state index is 11.7. The lowest BCUT2D eigenvalue weighted by molar-refractivity contribution is -0.122. The van der Waals surface area contributed by atoms with Gasteiger partial charge in [-0.15, -0.1) is 0 Å². The van der Waals surface area contributed by atoms with E-state index in [0.717, 1.165) is 0 Å². The highest BCUT2D eigenvalue weighted by Crippen LogP contribution is 2.02. The van der Waals surface area contributed by atoms with E-state index in [-0.39, 0.29) is 37.5 Å². The van der Waals surface area contributed by atoms with Gasteiger partial charge in [0, 0.05) is 17.7 Å². The number of carbonyl (C=O) groups excluding carboxylic acids is 1. The van der Waals surface area contributed by atoms with Gasteiger partial charge in [0.15, 0.2) is 0 Å². The zero-order valence-corrected chi connectivity index (χ0v) is 11.1. The topological polar surface area (TPSA) is 115 Å². The number of rotatable bonds is 6. The number of aromatic nitrogens is 2. The molecule has 0 radical (unpaired) electrons. The summed E-state index contributed by atoms with van der Waals surface area (Å²) < 4.78 is 0. The van der Waals surface area contributed by atoms with E-state index in [1.165, 1.54) is 0 Å². The van der Waals surface area contributed by atoms with Crippen LogP contribution in [0.5, 0.6) is 0 Å². The molecule has 0 unspecified atom stereocenters. The molecular weight excluding hydrogens is 250 g/mol. The Morgan fingerprint density at radius 3 is 2.53 bits per heavy atom. The highest BCUT2D eigenvalue weighted by molar-refractivity contribution is 5.76. The minimum Gasteiger partial charge on any atom is -0.394 e. The average molecular weight is 269 g/mol. The molecule has 1 aromatic rings. The Morgan fingerprint density at radius 1 is 1.37 bits per heavy atom. The van der Waals surface area contributed by atoms with Gasteiger partial charge in [0.2, 0.25) is 5.91 Å². The van der Waals surface area contributed by atoms with Gasteiger partial charge in [-0.25, -0.2) is 4.98 Å². The summed E-state index contributed by atoms with van der Waals surface area (Å²) in [6.45, 7) is 2.76. The predicted molar refractivity (Wildman–Crippen MR) is 68.8 cm³/mol. The fourth-order valence-corrected chi connectivity index (χ4v) is 1.73. The Morgan fingerprint density at radius 2 is 2.00 bits per heavy atom. The van der Waals surface area contributed by atoms with Crippen LogP contribution >= 0.6 is 0 Å². The largest absolute Gasteiger partial charge is 0.394 e. The Bertz CT molecular complexity index is 494. The van der Waals surface area contributed by atoms with E-state index in [1.54, 1.807) is 13.8 Å². The third-order valence-electron chi connectivity index (χ3n) is 2.75. The number of aliphatic hydroxyl groups is 2. The maximum Gasteiger partial charge on any atom is 0.254 e. The van der Waals surface area contributed by atoms with Crippen LogP contribution in [0.3, 0.4) is 0 Å². The van der Waals surface area contributed by atoms with Crippen LogP contribution in [0.2, 0.25) is 0 Å². The number of hydrogen-bond acceptors (Lipinski definition) is 5. The molecule has 1 heterocycles. The van der Waals surface area contributed by atoms with E-state index in [2.05, 4.69) is 15.3 Å². The van der Waals surface area contributed by atoms with E-state index in [4.69, 9.17) is 10.2 Å². The summed E-state index contributed by atoms with van der Waals surface area (Å²) in [5.74, 6) is 0.212. The molecule has 7 heteroatoms. The first kappa shape index (κ1) is 15.3. The fraction of sp³-hybridized carbons (Fsp3) is 0.583. The summed E-state index contributed by atoms with van der Waals surface area (Å²) in [6.07, 6.45) is 0.370. The molecule has 0 atom stereocenters. The molecule has 7 nitrogen and oxygen atoms in total. The molecule has 0 spiro atoms. The van der Waals surface area contributed by atoms with Crippen molar-refractivity contribution in [2.75, 3.05) is 13.2 Å². The highest BCUT2D eigenvalue weighted by Gasteiger charge is 2.12. The Kier molecular flexibility index (Phi) is 5.65. The molecule has 1 aromatic heterocycles. The van der Waals surface area contributed by atoms with Crippen molar-refractivity contribution in [3.63, 3.8) is 0 Å². The highest BCUT2D eigenvalue weighted by atomic mass is 16.3. The molecule has 0 aromatic carbocycles. The molecule has 0 fully saturated rings. The molecule has 0 aliphatic carbocycles. The van der Waals surface area contributed by atoms with Gasteiger partial charge >= 0.3 is 0 Å².